The molecule has 1 unspecified atom stereocenters. The SMILES string of the molecule is C[NH+](CC(=O)NC(=O)NC1CCCC1)CC(=O)Nc1ccc(Cl)c(Cl)c1. The van der Waals surface area contributed by atoms with E-state index in [0.717, 1.165) is 25.7 Å². The van der Waals surface area contributed by atoms with E-state index in [1.807, 2.05) is 0 Å². The van der Waals surface area contributed by atoms with Gasteiger partial charge in [0.05, 0.1) is 17.1 Å². The second-order valence-electron chi connectivity index (χ2n) is 6.49. The fourth-order valence-corrected chi connectivity index (χ4v) is 3.15. The van der Waals surface area contributed by atoms with Crippen LogP contribution in [0.3, 0.4) is 0 Å². The summed E-state index contributed by atoms with van der Waals surface area (Å²) in [4.78, 5) is 36.3. The highest BCUT2D eigenvalue weighted by Crippen LogP contribution is 2.24. The van der Waals surface area contributed by atoms with Gasteiger partial charge < -0.3 is 15.5 Å². The molecule has 4 amide bonds. The maximum Gasteiger partial charge on any atom is 0.321 e. The molecule has 1 aliphatic rings. The maximum absolute atomic E-state index is 12.0. The second-order valence-corrected chi connectivity index (χ2v) is 7.31. The summed E-state index contributed by atoms with van der Waals surface area (Å²) >= 11 is 11.7. The lowest BCUT2D eigenvalue weighted by Gasteiger charge is -2.15. The first-order valence-electron chi connectivity index (χ1n) is 8.50. The molecule has 0 bridgehead atoms. The number of urea groups is 1. The highest BCUT2D eigenvalue weighted by molar-refractivity contribution is 6.42. The fourth-order valence-electron chi connectivity index (χ4n) is 2.85. The van der Waals surface area contributed by atoms with Gasteiger partial charge in [-0.05, 0) is 31.0 Å². The molecule has 1 fully saturated rings. The lowest BCUT2D eigenvalue weighted by atomic mass is 10.2. The van der Waals surface area contributed by atoms with Gasteiger partial charge in [0.1, 0.15) is 0 Å². The number of nitrogens with one attached hydrogen (secondary N) is 4. The third-order valence-electron chi connectivity index (χ3n) is 4.07. The number of carbonyl (C=O) groups excluding carboxylic acids is 3. The molecule has 1 aromatic carbocycles. The Hall–Kier alpha value is -1.83. The van der Waals surface area contributed by atoms with Crippen molar-refractivity contribution in [2.75, 3.05) is 25.5 Å². The number of anilines is 1. The lowest BCUT2D eigenvalue weighted by Crippen LogP contribution is -3.11. The quantitative estimate of drug-likeness (QED) is 0.577. The van der Waals surface area contributed by atoms with E-state index in [1.54, 1.807) is 25.2 Å². The van der Waals surface area contributed by atoms with Crippen LogP contribution in [-0.2, 0) is 9.59 Å². The molecule has 0 aromatic heterocycles. The van der Waals surface area contributed by atoms with E-state index < -0.39 is 11.9 Å². The average Bonchev–Trinajstić information content (AvgIpc) is 3.03. The Bertz CT molecular complexity index is 678. The number of hydrogen-bond acceptors (Lipinski definition) is 3. The van der Waals surface area contributed by atoms with Crippen LogP contribution in [0.15, 0.2) is 18.2 Å². The molecule has 0 radical (unpaired) electrons. The summed E-state index contributed by atoms with van der Waals surface area (Å²) in [6.07, 6.45) is 4.09. The van der Waals surface area contributed by atoms with Crippen LogP contribution in [-0.4, -0.2) is 44.0 Å². The first-order chi connectivity index (χ1) is 12.3. The predicted molar refractivity (Wildman–Crippen MR) is 101 cm³/mol. The Morgan fingerprint density at radius 1 is 1.08 bits per heavy atom. The number of rotatable bonds is 6. The Kier molecular flexibility index (Phi) is 7.68. The maximum atomic E-state index is 12.0. The molecule has 142 valence electrons. The number of amides is 4. The van der Waals surface area contributed by atoms with Crippen molar-refractivity contribution in [3.8, 4) is 0 Å². The molecule has 1 aliphatic carbocycles. The summed E-state index contributed by atoms with van der Waals surface area (Å²) in [5.41, 5.74) is 0.526. The van der Waals surface area contributed by atoms with Crippen molar-refractivity contribution in [3.63, 3.8) is 0 Å². The molecule has 9 heteroatoms. The van der Waals surface area contributed by atoms with Gasteiger partial charge in [-0.3, -0.25) is 14.9 Å². The van der Waals surface area contributed by atoms with Crippen molar-refractivity contribution in [2.24, 2.45) is 0 Å². The Morgan fingerprint density at radius 2 is 1.73 bits per heavy atom. The van der Waals surface area contributed by atoms with Crippen molar-refractivity contribution >= 4 is 46.7 Å². The molecule has 1 atom stereocenters. The standard InChI is InChI=1S/C17H22Cl2N4O3/c1-23(9-15(24)20-12-6-7-13(18)14(19)8-12)10-16(25)22-17(26)21-11-4-2-3-5-11/h6-8,11H,2-5,9-10H2,1H3,(H,20,24)(H2,21,22,25,26)/p+1. The average molecular weight is 402 g/mol. The molecule has 0 spiro atoms. The van der Waals surface area contributed by atoms with Crippen molar-refractivity contribution in [1.29, 1.82) is 0 Å². The van der Waals surface area contributed by atoms with Gasteiger partial charge in [-0.2, -0.15) is 0 Å². The van der Waals surface area contributed by atoms with Crippen LogP contribution >= 0.6 is 23.2 Å². The molecular weight excluding hydrogens is 379 g/mol. The molecule has 26 heavy (non-hydrogen) atoms. The van der Waals surface area contributed by atoms with Crippen LogP contribution in [0.4, 0.5) is 10.5 Å². The van der Waals surface area contributed by atoms with E-state index in [4.69, 9.17) is 23.2 Å². The molecular formula is C17H23Cl2N4O3+. The van der Waals surface area contributed by atoms with Crippen molar-refractivity contribution < 1.29 is 19.3 Å². The van der Waals surface area contributed by atoms with E-state index in [1.165, 1.54) is 0 Å². The van der Waals surface area contributed by atoms with Gasteiger partial charge in [-0.25, -0.2) is 4.79 Å². The van der Waals surface area contributed by atoms with Gasteiger partial charge in [0.25, 0.3) is 11.8 Å². The number of quaternary nitrogens is 1. The molecule has 1 aromatic rings. The zero-order valence-corrected chi connectivity index (χ0v) is 16.0. The van der Waals surface area contributed by atoms with Crippen LogP contribution in [0.25, 0.3) is 0 Å². The summed E-state index contributed by atoms with van der Waals surface area (Å²) in [5.74, 6) is -0.704. The first-order valence-corrected chi connectivity index (χ1v) is 9.25. The highest BCUT2D eigenvalue weighted by atomic mass is 35.5. The van der Waals surface area contributed by atoms with Gasteiger partial charge in [-0.1, -0.05) is 36.0 Å². The zero-order chi connectivity index (χ0) is 19.1. The predicted octanol–water partition coefficient (Wildman–Crippen LogP) is 1.21. The topological polar surface area (TPSA) is 91.7 Å². The Morgan fingerprint density at radius 3 is 2.38 bits per heavy atom. The molecule has 0 aliphatic heterocycles. The smallest absolute Gasteiger partial charge is 0.321 e. The molecule has 1 saturated carbocycles. The summed E-state index contributed by atoms with van der Waals surface area (Å²) in [6.45, 7) is 0.0742. The highest BCUT2D eigenvalue weighted by Gasteiger charge is 2.20. The minimum absolute atomic E-state index is 0.00683. The summed E-state index contributed by atoms with van der Waals surface area (Å²) < 4.78 is 0. The number of halogens is 2. The van der Waals surface area contributed by atoms with Gasteiger partial charge in [-0.15, -0.1) is 0 Å². The van der Waals surface area contributed by atoms with Crippen molar-refractivity contribution in [3.05, 3.63) is 28.2 Å². The Balaban J connectivity index is 1.71. The summed E-state index contributed by atoms with van der Waals surface area (Å²) in [5, 5.41) is 8.52. The zero-order valence-electron chi connectivity index (χ0n) is 14.5. The molecule has 0 heterocycles. The monoisotopic (exact) mass is 401 g/mol. The molecule has 2 rings (SSSR count). The molecule has 7 nitrogen and oxygen atoms in total. The minimum Gasteiger partial charge on any atom is -0.335 e. The van der Waals surface area contributed by atoms with Crippen LogP contribution in [0.2, 0.25) is 10.0 Å². The van der Waals surface area contributed by atoms with E-state index in [9.17, 15) is 14.4 Å². The number of likely N-dealkylation sites (N-methyl/N-ethyl adjacent to an activating group) is 1. The van der Waals surface area contributed by atoms with Crippen LogP contribution in [0, 0.1) is 0 Å². The molecule has 0 saturated heterocycles. The van der Waals surface area contributed by atoms with Gasteiger partial charge >= 0.3 is 6.03 Å². The normalized spacial score (nSPS) is 15.3. The summed E-state index contributed by atoms with van der Waals surface area (Å²) in [6, 6.07) is 4.45. The number of benzene rings is 1. The van der Waals surface area contributed by atoms with Crippen LogP contribution < -0.4 is 20.9 Å². The third kappa shape index (κ3) is 6.82. The number of imide groups is 1. The Labute approximate surface area is 162 Å². The van der Waals surface area contributed by atoms with E-state index >= 15 is 0 Å². The van der Waals surface area contributed by atoms with Crippen molar-refractivity contribution in [2.45, 2.75) is 31.7 Å². The van der Waals surface area contributed by atoms with Gasteiger partial charge in [0.15, 0.2) is 13.1 Å². The van der Waals surface area contributed by atoms with Crippen LogP contribution in [0.1, 0.15) is 25.7 Å². The van der Waals surface area contributed by atoms with Gasteiger partial charge in [0, 0.05) is 11.7 Å². The van der Waals surface area contributed by atoms with E-state index in [2.05, 4.69) is 16.0 Å². The number of hydrogen-bond donors (Lipinski definition) is 4. The molecule has 4 N–H and O–H groups in total. The van der Waals surface area contributed by atoms with Crippen LogP contribution in [0.5, 0.6) is 0 Å². The second kappa shape index (κ2) is 9.75. The minimum atomic E-state index is -0.477. The third-order valence-corrected chi connectivity index (χ3v) is 4.81. The largest absolute Gasteiger partial charge is 0.335 e. The van der Waals surface area contributed by atoms with E-state index in [0.29, 0.717) is 20.6 Å². The van der Waals surface area contributed by atoms with Crippen molar-refractivity contribution in [1.82, 2.24) is 10.6 Å². The fraction of sp³-hybridized carbons (Fsp3) is 0.471. The first kappa shape index (κ1) is 20.5. The number of carbonyl (C=O) groups is 3. The van der Waals surface area contributed by atoms with E-state index in [-0.39, 0.29) is 25.0 Å². The summed E-state index contributed by atoms with van der Waals surface area (Å²) in [7, 11) is 1.70. The lowest BCUT2D eigenvalue weighted by molar-refractivity contribution is -0.862. The van der Waals surface area contributed by atoms with Gasteiger partial charge in [0.2, 0.25) is 0 Å².